The number of hydrogen-bond acceptors (Lipinski definition) is 3. The molecule has 2 aliphatic carbocycles. The van der Waals surface area contributed by atoms with Crippen LogP contribution in [0.25, 0.3) is 0 Å². The zero-order chi connectivity index (χ0) is 13.7. The summed E-state index contributed by atoms with van der Waals surface area (Å²) in [4.78, 5) is 37.6. The van der Waals surface area contributed by atoms with Crippen LogP contribution in [0.4, 0.5) is 0 Å². The molecular formula is C14H20N2O3. The van der Waals surface area contributed by atoms with Gasteiger partial charge in [0, 0.05) is 6.04 Å². The van der Waals surface area contributed by atoms with Crippen LogP contribution in [0.1, 0.15) is 33.1 Å². The molecule has 3 fully saturated rings. The second kappa shape index (κ2) is 4.32. The molecule has 0 radical (unpaired) electrons. The van der Waals surface area contributed by atoms with Gasteiger partial charge in [-0.3, -0.25) is 19.3 Å². The smallest absolute Gasteiger partial charge is 0.240 e. The van der Waals surface area contributed by atoms with Crippen molar-refractivity contribution in [2.45, 2.75) is 39.2 Å². The maximum absolute atomic E-state index is 12.3. The zero-order valence-electron chi connectivity index (χ0n) is 11.4. The fraction of sp³-hybridized carbons (Fsp3) is 0.786. The Morgan fingerprint density at radius 1 is 1.21 bits per heavy atom. The van der Waals surface area contributed by atoms with Gasteiger partial charge >= 0.3 is 0 Å². The summed E-state index contributed by atoms with van der Waals surface area (Å²) in [6, 6.07) is 0.0241. The van der Waals surface area contributed by atoms with Crippen LogP contribution in [0.15, 0.2) is 0 Å². The Bertz CT molecular complexity index is 418. The van der Waals surface area contributed by atoms with E-state index >= 15 is 0 Å². The van der Waals surface area contributed by atoms with Gasteiger partial charge in [0.2, 0.25) is 17.7 Å². The van der Waals surface area contributed by atoms with E-state index in [-0.39, 0.29) is 42.1 Å². The topological polar surface area (TPSA) is 66.5 Å². The van der Waals surface area contributed by atoms with Gasteiger partial charge in [0.1, 0.15) is 6.54 Å². The number of rotatable bonds is 3. The van der Waals surface area contributed by atoms with Crippen molar-refractivity contribution in [1.82, 2.24) is 10.2 Å². The molecule has 5 heteroatoms. The van der Waals surface area contributed by atoms with E-state index in [0.717, 1.165) is 19.3 Å². The van der Waals surface area contributed by atoms with Crippen LogP contribution in [0, 0.1) is 23.7 Å². The molecule has 19 heavy (non-hydrogen) atoms. The summed E-state index contributed by atoms with van der Waals surface area (Å²) in [6.07, 6.45) is 3.16. The average Bonchev–Trinajstić information content (AvgIpc) is 2.97. The van der Waals surface area contributed by atoms with Crippen molar-refractivity contribution in [2.24, 2.45) is 23.7 Å². The highest BCUT2D eigenvalue weighted by molar-refractivity contribution is 6.08. The number of amides is 3. The van der Waals surface area contributed by atoms with Gasteiger partial charge in [0.15, 0.2) is 0 Å². The summed E-state index contributed by atoms with van der Waals surface area (Å²) < 4.78 is 0. The molecule has 4 atom stereocenters. The number of carbonyl (C=O) groups is 3. The number of hydrogen-bond donors (Lipinski definition) is 1. The summed E-state index contributed by atoms with van der Waals surface area (Å²) in [7, 11) is 0. The highest BCUT2D eigenvalue weighted by Crippen LogP contribution is 2.55. The minimum Gasteiger partial charge on any atom is -0.352 e. The molecule has 5 nitrogen and oxygen atoms in total. The lowest BCUT2D eigenvalue weighted by atomic mass is 9.81. The Hall–Kier alpha value is -1.39. The van der Waals surface area contributed by atoms with Crippen LogP contribution in [0.2, 0.25) is 0 Å². The summed E-state index contributed by atoms with van der Waals surface area (Å²) in [5.41, 5.74) is 0. The molecule has 1 saturated heterocycles. The second-order valence-electron chi connectivity index (χ2n) is 6.37. The van der Waals surface area contributed by atoms with E-state index in [4.69, 9.17) is 0 Å². The molecule has 2 saturated carbocycles. The first-order chi connectivity index (χ1) is 8.99. The van der Waals surface area contributed by atoms with Crippen LogP contribution < -0.4 is 5.32 Å². The SMILES string of the molecule is CC(C)NC(=O)CN1C(=O)C2C3CCC(C3)C2C1=O. The van der Waals surface area contributed by atoms with Crippen LogP contribution in [0.5, 0.6) is 0 Å². The normalized spacial score (nSPS) is 36.3. The number of likely N-dealkylation sites (tertiary alicyclic amines) is 1. The minimum atomic E-state index is -0.246. The lowest BCUT2D eigenvalue weighted by Gasteiger charge is -2.19. The number of imide groups is 1. The molecule has 3 aliphatic rings. The van der Waals surface area contributed by atoms with Crippen LogP contribution in [0.3, 0.4) is 0 Å². The van der Waals surface area contributed by atoms with E-state index in [2.05, 4.69) is 5.32 Å². The average molecular weight is 264 g/mol. The number of nitrogens with one attached hydrogen (secondary N) is 1. The van der Waals surface area contributed by atoms with E-state index in [0.29, 0.717) is 11.8 Å². The molecular weight excluding hydrogens is 244 g/mol. The van der Waals surface area contributed by atoms with Gasteiger partial charge in [-0.1, -0.05) is 0 Å². The minimum absolute atomic E-state index is 0.0241. The first-order valence-corrected chi connectivity index (χ1v) is 7.13. The summed E-state index contributed by atoms with van der Waals surface area (Å²) in [5.74, 6) is 0.0386. The lowest BCUT2D eigenvalue weighted by molar-refractivity contribution is -0.144. The molecule has 3 amide bonds. The standard InChI is InChI=1S/C14H20N2O3/c1-7(2)15-10(17)6-16-13(18)11-8-3-4-9(5-8)12(11)14(16)19/h7-9,11-12H,3-6H2,1-2H3,(H,15,17). The Balaban J connectivity index is 1.73. The molecule has 1 aliphatic heterocycles. The van der Waals surface area contributed by atoms with Crippen molar-refractivity contribution < 1.29 is 14.4 Å². The fourth-order valence-electron chi connectivity index (χ4n) is 4.14. The van der Waals surface area contributed by atoms with E-state index in [9.17, 15) is 14.4 Å². The van der Waals surface area contributed by atoms with Crippen molar-refractivity contribution >= 4 is 17.7 Å². The van der Waals surface area contributed by atoms with E-state index in [1.165, 1.54) is 4.90 Å². The molecule has 1 N–H and O–H groups in total. The van der Waals surface area contributed by atoms with Gasteiger partial charge < -0.3 is 5.32 Å². The van der Waals surface area contributed by atoms with E-state index in [1.807, 2.05) is 13.8 Å². The quantitative estimate of drug-likeness (QED) is 0.757. The van der Waals surface area contributed by atoms with Crippen LogP contribution in [-0.4, -0.2) is 35.2 Å². The third-order valence-corrected chi connectivity index (χ3v) is 4.77. The molecule has 1 heterocycles. The molecule has 0 aromatic carbocycles. The van der Waals surface area contributed by atoms with Gasteiger partial charge in [-0.25, -0.2) is 0 Å². The Labute approximate surface area is 112 Å². The van der Waals surface area contributed by atoms with Crippen LogP contribution >= 0.6 is 0 Å². The highest BCUT2D eigenvalue weighted by atomic mass is 16.2. The third-order valence-electron chi connectivity index (χ3n) is 4.77. The molecule has 0 aromatic rings. The van der Waals surface area contributed by atoms with E-state index in [1.54, 1.807) is 0 Å². The van der Waals surface area contributed by atoms with Gasteiger partial charge in [-0.15, -0.1) is 0 Å². The van der Waals surface area contributed by atoms with Crippen molar-refractivity contribution in [3.63, 3.8) is 0 Å². The number of carbonyl (C=O) groups excluding carboxylic acids is 3. The second-order valence-corrected chi connectivity index (χ2v) is 6.37. The maximum atomic E-state index is 12.3. The van der Waals surface area contributed by atoms with Gasteiger partial charge in [0.25, 0.3) is 0 Å². The monoisotopic (exact) mass is 264 g/mol. The van der Waals surface area contributed by atoms with Crippen molar-refractivity contribution in [1.29, 1.82) is 0 Å². The lowest BCUT2D eigenvalue weighted by Crippen LogP contribution is -2.43. The molecule has 104 valence electrons. The predicted molar refractivity (Wildman–Crippen MR) is 67.8 cm³/mol. The summed E-state index contributed by atoms with van der Waals surface area (Å²) >= 11 is 0. The fourth-order valence-corrected chi connectivity index (χ4v) is 4.14. The van der Waals surface area contributed by atoms with Gasteiger partial charge in [-0.05, 0) is 44.9 Å². The van der Waals surface area contributed by atoms with Crippen molar-refractivity contribution in [3.05, 3.63) is 0 Å². The van der Waals surface area contributed by atoms with Gasteiger partial charge in [-0.2, -0.15) is 0 Å². The summed E-state index contributed by atoms with van der Waals surface area (Å²) in [5, 5.41) is 2.73. The largest absolute Gasteiger partial charge is 0.352 e. The Kier molecular flexibility index (Phi) is 2.87. The molecule has 3 rings (SSSR count). The first-order valence-electron chi connectivity index (χ1n) is 7.13. The Morgan fingerprint density at radius 2 is 1.74 bits per heavy atom. The van der Waals surface area contributed by atoms with Crippen LogP contribution in [-0.2, 0) is 14.4 Å². The molecule has 4 unspecified atom stereocenters. The number of fused-ring (bicyclic) bond motifs is 5. The molecule has 2 bridgehead atoms. The van der Waals surface area contributed by atoms with Gasteiger partial charge in [0.05, 0.1) is 11.8 Å². The van der Waals surface area contributed by atoms with Crippen molar-refractivity contribution in [2.75, 3.05) is 6.54 Å². The molecule has 0 aromatic heterocycles. The van der Waals surface area contributed by atoms with Crippen molar-refractivity contribution in [3.8, 4) is 0 Å². The third kappa shape index (κ3) is 1.86. The van der Waals surface area contributed by atoms with E-state index < -0.39 is 0 Å². The number of nitrogens with zero attached hydrogens (tertiary/aromatic N) is 1. The maximum Gasteiger partial charge on any atom is 0.240 e. The first kappa shape index (κ1) is 12.6. The predicted octanol–water partition coefficient (Wildman–Crippen LogP) is 0.542. The zero-order valence-corrected chi connectivity index (χ0v) is 11.4. The molecule has 0 spiro atoms. The highest BCUT2D eigenvalue weighted by Gasteiger charge is 2.60. The summed E-state index contributed by atoms with van der Waals surface area (Å²) in [6.45, 7) is 3.61. The Morgan fingerprint density at radius 3 is 2.21 bits per heavy atom.